The van der Waals surface area contributed by atoms with Crippen molar-refractivity contribution in [3.05, 3.63) is 137 Å². The van der Waals surface area contributed by atoms with E-state index in [1.807, 2.05) is 91.0 Å². The highest BCUT2D eigenvalue weighted by atomic mass is 35.5. The molecule has 5 aromatic rings. The van der Waals surface area contributed by atoms with Gasteiger partial charge in [-0.2, -0.15) is 0 Å². The van der Waals surface area contributed by atoms with Crippen molar-refractivity contribution in [1.82, 2.24) is 4.98 Å². The minimum Gasteiger partial charge on any atom is -0.489 e. The zero-order chi connectivity index (χ0) is 23.9. The third kappa shape index (κ3) is 6.08. The minimum absolute atomic E-state index is 0.411. The first-order valence-corrected chi connectivity index (χ1v) is 11.8. The van der Waals surface area contributed by atoms with Gasteiger partial charge in [0.25, 0.3) is 0 Å². The number of para-hydroxylation sites is 2. The van der Waals surface area contributed by atoms with E-state index in [-0.39, 0.29) is 0 Å². The van der Waals surface area contributed by atoms with Crippen LogP contribution in [0.15, 0.2) is 115 Å². The van der Waals surface area contributed by atoms with E-state index in [0.29, 0.717) is 18.2 Å². The quantitative estimate of drug-likeness (QED) is 0.212. The molecule has 172 valence electrons. The number of hydrogen-bond donors (Lipinski definition) is 0. The van der Waals surface area contributed by atoms with Crippen molar-refractivity contribution in [3.63, 3.8) is 0 Å². The lowest BCUT2D eigenvalue weighted by Gasteiger charge is -2.12. The second-order valence-corrected chi connectivity index (χ2v) is 8.57. The molecule has 4 aromatic carbocycles. The Labute approximate surface area is 210 Å². The Morgan fingerprint density at radius 2 is 1.40 bits per heavy atom. The molecule has 0 atom stereocenters. The molecular weight excluding hydrogens is 454 g/mol. The number of aromatic nitrogens is 1. The lowest BCUT2D eigenvalue weighted by molar-refractivity contribution is 0.302. The molecule has 0 saturated carbocycles. The van der Waals surface area contributed by atoms with Crippen molar-refractivity contribution < 1.29 is 9.47 Å². The molecule has 0 aliphatic carbocycles. The zero-order valence-corrected chi connectivity index (χ0v) is 19.9. The molecule has 0 N–H and O–H groups in total. The standard InChI is InChI=1S/C31H24ClNO2/c32-27-15-10-23(11-16-27)20-26(21-34-29-7-2-1-3-8-29)24-13-18-30(19-14-24)35-22-28-17-12-25-6-4-5-9-31(25)33-28/h1-20H,21-22H2/b26-20-. The van der Waals surface area contributed by atoms with Gasteiger partial charge in [0, 0.05) is 10.4 Å². The Morgan fingerprint density at radius 3 is 2.20 bits per heavy atom. The van der Waals surface area contributed by atoms with Crippen LogP contribution >= 0.6 is 11.6 Å². The van der Waals surface area contributed by atoms with Crippen LogP contribution < -0.4 is 9.47 Å². The highest BCUT2D eigenvalue weighted by Gasteiger charge is 2.06. The van der Waals surface area contributed by atoms with Gasteiger partial charge in [-0.25, -0.2) is 4.98 Å². The average Bonchev–Trinajstić information content (AvgIpc) is 2.92. The third-order valence-corrected chi connectivity index (χ3v) is 5.87. The summed E-state index contributed by atoms with van der Waals surface area (Å²) in [6.45, 7) is 0.850. The molecular formula is C31H24ClNO2. The van der Waals surface area contributed by atoms with Crippen molar-refractivity contribution in [1.29, 1.82) is 0 Å². The number of pyridine rings is 1. The second kappa shape index (κ2) is 10.9. The molecule has 3 nitrogen and oxygen atoms in total. The molecule has 1 heterocycles. The zero-order valence-electron chi connectivity index (χ0n) is 19.1. The molecule has 0 spiro atoms. The number of nitrogens with zero attached hydrogens (tertiary/aromatic N) is 1. The Kier molecular flexibility index (Phi) is 7.07. The molecule has 1 aromatic heterocycles. The van der Waals surface area contributed by atoms with Crippen molar-refractivity contribution in [2.45, 2.75) is 6.61 Å². The van der Waals surface area contributed by atoms with Crippen LogP contribution in [-0.4, -0.2) is 11.6 Å². The molecule has 0 fully saturated rings. The number of benzene rings is 4. The number of fused-ring (bicyclic) bond motifs is 1. The lowest BCUT2D eigenvalue weighted by Crippen LogP contribution is -2.02. The summed E-state index contributed by atoms with van der Waals surface area (Å²) >= 11 is 6.06. The lowest BCUT2D eigenvalue weighted by atomic mass is 10.0. The molecule has 0 unspecified atom stereocenters. The van der Waals surface area contributed by atoms with Crippen LogP contribution in [-0.2, 0) is 6.61 Å². The van der Waals surface area contributed by atoms with Crippen LogP contribution in [0.2, 0.25) is 5.02 Å². The van der Waals surface area contributed by atoms with Crippen molar-refractivity contribution in [3.8, 4) is 11.5 Å². The van der Waals surface area contributed by atoms with Crippen LogP contribution in [0.5, 0.6) is 11.5 Å². The number of rotatable bonds is 8. The van der Waals surface area contributed by atoms with Crippen molar-refractivity contribution >= 4 is 34.2 Å². The predicted octanol–water partition coefficient (Wildman–Crippen LogP) is 8.09. The summed E-state index contributed by atoms with van der Waals surface area (Å²) in [5, 5.41) is 1.84. The maximum atomic E-state index is 6.06. The summed E-state index contributed by atoms with van der Waals surface area (Å²) in [7, 11) is 0. The van der Waals surface area contributed by atoms with Crippen molar-refractivity contribution in [2.24, 2.45) is 0 Å². The van der Waals surface area contributed by atoms with E-state index in [0.717, 1.165) is 44.8 Å². The van der Waals surface area contributed by atoms with Gasteiger partial charge < -0.3 is 9.47 Å². The second-order valence-electron chi connectivity index (χ2n) is 8.13. The Balaban J connectivity index is 1.32. The van der Waals surface area contributed by atoms with E-state index in [1.165, 1.54) is 0 Å². The Hall–Kier alpha value is -4.08. The monoisotopic (exact) mass is 477 g/mol. The normalized spacial score (nSPS) is 11.4. The van der Waals surface area contributed by atoms with Crippen LogP contribution in [0, 0.1) is 0 Å². The Morgan fingerprint density at radius 1 is 0.686 bits per heavy atom. The fourth-order valence-electron chi connectivity index (χ4n) is 3.76. The van der Waals surface area contributed by atoms with Gasteiger partial charge in [0.05, 0.1) is 11.2 Å². The molecule has 0 aliphatic rings. The Bertz CT molecular complexity index is 1430. The number of halogens is 1. The highest BCUT2D eigenvalue weighted by Crippen LogP contribution is 2.24. The molecule has 0 amide bonds. The summed E-state index contributed by atoms with van der Waals surface area (Å²) in [4.78, 5) is 4.68. The first kappa shape index (κ1) is 22.7. The van der Waals surface area contributed by atoms with E-state index < -0.39 is 0 Å². The van der Waals surface area contributed by atoms with Crippen LogP contribution in [0.1, 0.15) is 16.8 Å². The van der Waals surface area contributed by atoms with E-state index in [9.17, 15) is 0 Å². The predicted molar refractivity (Wildman–Crippen MR) is 144 cm³/mol. The van der Waals surface area contributed by atoms with Gasteiger partial charge in [-0.15, -0.1) is 0 Å². The fraction of sp³-hybridized carbons (Fsp3) is 0.0645. The number of ether oxygens (including phenoxy) is 2. The average molecular weight is 478 g/mol. The van der Waals surface area contributed by atoms with Crippen LogP contribution in [0.4, 0.5) is 0 Å². The molecule has 0 saturated heterocycles. The molecule has 5 rings (SSSR count). The van der Waals surface area contributed by atoms with Crippen molar-refractivity contribution in [2.75, 3.05) is 6.61 Å². The molecule has 0 bridgehead atoms. The summed E-state index contributed by atoms with van der Waals surface area (Å²) in [6, 6.07) is 37.8. The van der Waals surface area contributed by atoms with E-state index in [1.54, 1.807) is 0 Å². The van der Waals surface area contributed by atoms with Crippen LogP contribution in [0.25, 0.3) is 22.6 Å². The maximum Gasteiger partial charge on any atom is 0.130 e. The molecule has 0 aliphatic heterocycles. The van der Waals surface area contributed by atoms with Gasteiger partial charge in [0.1, 0.15) is 24.7 Å². The summed E-state index contributed by atoms with van der Waals surface area (Å²) in [6.07, 6.45) is 2.12. The summed E-state index contributed by atoms with van der Waals surface area (Å²) in [5.74, 6) is 1.62. The van der Waals surface area contributed by atoms with Gasteiger partial charge in [-0.3, -0.25) is 0 Å². The molecule has 35 heavy (non-hydrogen) atoms. The number of hydrogen-bond acceptors (Lipinski definition) is 3. The van der Waals surface area contributed by atoms with E-state index in [4.69, 9.17) is 21.1 Å². The van der Waals surface area contributed by atoms with Gasteiger partial charge in [-0.05, 0) is 71.3 Å². The molecule has 4 heteroatoms. The fourth-order valence-corrected chi connectivity index (χ4v) is 3.88. The topological polar surface area (TPSA) is 31.4 Å². The maximum absolute atomic E-state index is 6.06. The highest BCUT2D eigenvalue weighted by molar-refractivity contribution is 6.30. The van der Waals surface area contributed by atoms with E-state index in [2.05, 4.69) is 35.3 Å². The van der Waals surface area contributed by atoms with Gasteiger partial charge >= 0.3 is 0 Å². The minimum atomic E-state index is 0.411. The summed E-state index contributed by atoms with van der Waals surface area (Å²) in [5.41, 5.74) is 5.04. The van der Waals surface area contributed by atoms with Gasteiger partial charge in [0.15, 0.2) is 0 Å². The first-order chi connectivity index (χ1) is 17.2. The SMILES string of the molecule is Clc1ccc(/C=C(/COc2ccccc2)c2ccc(OCc3ccc4ccccc4n3)cc2)cc1. The van der Waals surface area contributed by atoms with Gasteiger partial charge in [-0.1, -0.05) is 78.3 Å². The van der Waals surface area contributed by atoms with Crippen LogP contribution in [0.3, 0.4) is 0 Å². The largest absolute Gasteiger partial charge is 0.489 e. The van der Waals surface area contributed by atoms with Gasteiger partial charge in [0.2, 0.25) is 0 Å². The third-order valence-electron chi connectivity index (χ3n) is 5.62. The molecule has 0 radical (unpaired) electrons. The first-order valence-electron chi connectivity index (χ1n) is 11.4. The van der Waals surface area contributed by atoms with E-state index >= 15 is 0 Å². The summed E-state index contributed by atoms with van der Waals surface area (Å²) < 4.78 is 12.1. The smallest absolute Gasteiger partial charge is 0.130 e.